The molecule has 2 atom stereocenters. The Bertz CT molecular complexity index is 2420. The highest BCUT2D eigenvalue weighted by Gasteiger charge is 2.33. The first-order valence-corrected chi connectivity index (χ1v) is 22.8. The van der Waals surface area contributed by atoms with E-state index in [-0.39, 0.29) is 23.9 Å². The van der Waals surface area contributed by atoms with E-state index in [1.165, 1.54) is 21.2 Å². The molecule has 8 aromatic rings. The summed E-state index contributed by atoms with van der Waals surface area (Å²) in [6.45, 7) is 0. The molecule has 2 amide bonds. The molecule has 4 nitrogen and oxygen atoms in total. The maximum atomic E-state index is 15.0. The van der Waals surface area contributed by atoms with Crippen LogP contribution in [0.1, 0.15) is 46.4 Å². The molecule has 1 aliphatic carbocycles. The lowest BCUT2D eigenvalue weighted by Crippen LogP contribution is -2.54. The lowest BCUT2D eigenvalue weighted by Gasteiger charge is -2.34. The van der Waals surface area contributed by atoms with Crippen LogP contribution in [0.4, 0.5) is 0 Å². The van der Waals surface area contributed by atoms with Crippen molar-refractivity contribution in [1.29, 1.82) is 0 Å². The second-order valence-electron chi connectivity index (χ2n) is 14.8. The third-order valence-electron chi connectivity index (χ3n) is 11.2. The van der Waals surface area contributed by atoms with E-state index in [1.54, 1.807) is 0 Å². The van der Waals surface area contributed by atoms with E-state index in [4.69, 9.17) is 0 Å². The van der Waals surface area contributed by atoms with Gasteiger partial charge in [-0.1, -0.05) is 207 Å². The molecule has 0 spiro atoms. The smallest absolute Gasteiger partial charge is 0.252 e. The molecule has 0 bridgehead atoms. The minimum atomic E-state index is -1.05. The Morgan fingerprint density at radius 1 is 0.379 bits per heavy atom. The van der Waals surface area contributed by atoms with E-state index in [1.807, 2.05) is 48.5 Å². The molecule has 58 heavy (non-hydrogen) atoms. The Balaban J connectivity index is 1.09. The summed E-state index contributed by atoms with van der Waals surface area (Å²) in [5.41, 5.74) is 1.42. The van der Waals surface area contributed by atoms with Gasteiger partial charge in [0.2, 0.25) is 0 Å². The van der Waals surface area contributed by atoms with Crippen LogP contribution in [0.15, 0.2) is 194 Å². The number of nitrogens with one attached hydrogen (secondary N) is 2. The zero-order chi connectivity index (χ0) is 39.3. The molecule has 8 aromatic carbocycles. The number of benzene rings is 8. The molecule has 2 N–H and O–H groups in total. The summed E-state index contributed by atoms with van der Waals surface area (Å²) in [4.78, 5) is 30.1. The van der Waals surface area contributed by atoms with Gasteiger partial charge in [-0.3, -0.25) is 9.59 Å². The Hall–Kier alpha value is -5.92. The fourth-order valence-corrected chi connectivity index (χ4v) is 13.4. The lowest BCUT2D eigenvalue weighted by molar-refractivity contribution is 0.0865. The van der Waals surface area contributed by atoms with Crippen molar-refractivity contribution in [3.05, 3.63) is 205 Å². The van der Waals surface area contributed by atoms with Crippen LogP contribution in [0.25, 0.3) is 21.5 Å². The third kappa shape index (κ3) is 7.71. The second kappa shape index (κ2) is 17.3. The average Bonchev–Trinajstić information content (AvgIpc) is 3.28. The van der Waals surface area contributed by atoms with Crippen molar-refractivity contribution in [2.75, 3.05) is 0 Å². The van der Waals surface area contributed by atoms with Crippen LogP contribution in [0, 0.1) is 0 Å². The van der Waals surface area contributed by atoms with E-state index < -0.39 is 15.8 Å². The number of rotatable bonds is 10. The lowest BCUT2D eigenvalue weighted by atomic mass is 9.89. The van der Waals surface area contributed by atoms with Crippen LogP contribution in [0.3, 0.4) is 0 Å². The average molecular weight is 791 g/mol. The first kappa shape index (κ1) is 37.6. The largest absolute Gasteiger partial charge is 0.347 e. The van der Waals surface area contributed by atoms with Crippen molar-refractivity contribution >= 4 is 81.0 Å². The summed E-state index contributed by atoms with van der Waals surface area (Å²) in [7, 11) is -2.09. The molecule has 0 saturated heterocycles. The van der Waals surface area contributed by atoms with Crippen molar-refractivity contribution in [3.63, 3.8) is 0 Å². The van der Waals surface area contributed by atoms with Gasteiger partial charge in [0.05, 0.1) is 11.1 Å². The van der Waals surface area contributed by atoms with Gasteiger partial charge in [-0.2, -0.15) is 0 Å². The van der Waals surface area contributed by atoms with Crippen LogP contribution < -0.4 is 42.5 Å². The highest BCUT2D eigenvalue weighted by Crippen LogP contribution is 2.38. The van der Waals surface area contributed by atoms with E-state index in [0.29, 0.717) is 11.1 Å². The van der Waals surface area contributed by atoms with Gasteiger partial charge in [-0.15, -0.1) is 0 Å². The van der Waals surface area contributed by atoms with Crippen LogP contribution >= 0.6 is 15.8 Å². The predicted octanol–water partition coefficient (Wildman–Crippen LogP) is 8.98. The van der Waals surface area contributed by atoms with Crippen molar-refractivity contribution < 1.29 is 9.59 Å². The summed E-state index contributed by atoms with van der Waals surface area (Å²) < 4.78 is 0. The zero-order valence-electron chi connectivity index (χ0n) is 32.2. The van der Waals surface area contributed by atoms with Gasteiger partial charge in [0.15, 0.2) is 0 Å². The van der Waals surface area contributed by atoms with Gasteiger partial charge in [0.1, 0.15) is 0 Å². The van der Waals surface area contributed by atoms with Gasteiger partial charge in [-0.05, 0) is 82.1 Å². The fourth-order valence-electron chi connectivity index (χ4n) is 8.49. The summed E-state index contributed by atoms with van der Waals surface area (Å²) >= 11 is 0. The summed E-state index contributed by atoms with van der Waals surface area (Å²) in [5.74, 6) is -0.195. The first-order valence-electron chi connectivity index (χ1n) is 20.1. The SMILES string of the molecule is O=C(N[C@H]1CCCC[C@@H]1NC(=O)c1c(P(c2ccccc2)c2ccccc2)ccc2ccccc12)c1c(P(c2ccccc2)c2ccccc2)ccc2ccccc12. The minimum absolute atomic E-state index is 0.0974. The maximum Gasteiger partial charge on any atom is 0.252 e. The molecule has 9 rings (SSSR count). The molecule has 0 aliphatic heterocycles. The molecule has 0 unspecified atom stereocenters. The van der Waals surface area contributed by atoms with Crippen molar-refractivity contribution in [2.45, 2.75) is 37.8 Å². The summed E-state index contributed by atoms with van der Waals surface area (Å²) in [6.07, 6.45) is 3.53. The number of carbonyl (C=O) groups is 2. The highest BCUT2D eigenvalue weighted by molar-refractivity contribution is 7.80. The standard InChI is InChI=1S/C52H44N2O2P2/c55-51(49-43-29-15-13-19-37(43)33-35-47(49)57(39-21-5-1-6-22-39)40-23-7-2-8-24-40)53-45-31-17-18-32-46(45)54-52(56)50-44-30-16-14-20-38(44)34-36-48(50)58(41-25-9-3-10-26-41)42-27-11-4-12-28-42/h1-16,19-30,33-36,45-46H,17-18,31-32H2,(H,53,55)(H,54,56)/t45-,46-/m0/s1. The van der Waals surface area contributed by atoms with Crippen molar-refractivity contribution in [1.82, 2.24) is 10.6 Å². The van der Waals surface area contributed by atoms with E-state index in [9.17, 15) is 0 Å². The van der Waals surface area contributed by atoms with Gasteiger partial charge in [0.25, 0.3) is 11.8 Å². The highest BCUT2D eigenvalue weighted by atomic mass is 31.1. The molecule has 1 saturated carbocycles. The monoisotopic (exact) mass is 790 g/mol. The van der Waals surface area contributed by atoms with Gasteiger partial charge in [0, 0.05) is 12.1 Å². The molecule has 0 heterocycles. The number of fused-ring (bicyclic) bond motifs is 2. The molecule has 1 aliphatic rings. The Labute approximate surface area is 342 Å². The van der Waals surface area contributed by atoms with E-state index in [0.717, 1.165) is 57.8 Å². The van der Waals surface area contributed by atoms with Crippen LogP contribution in [-0.2, 0) is 0 Å². The predicted molar refractivity (Wildman–Crippen MR) is 246 cm³/mol. The topological polar surface area (TPSA) is 58.2 Å². The molecule has 0 aromatic heterocycles. The second-order valence-corrected chi connectivity index (χ2v) is 19.2. The Morgan fingerprint density at radius 3 is 1.03 bits per heavy atom. The first-order chi connectivity index (χ1) is 28.6. The van der Waals surface area contributed by atoms with Crippen LogP contribution in [0.2, 0.25) is 0 Å². The molecule has 0 radical (unpaired) electrons. The Morgan fingerprint density at radius 2 is 0.690 bits per heavy atom. The third-order valence-corrected chi connectivity index (χ3v) is 16.2. The normalized spacial score (nSPS) is 15.4. The zero-order valence-corrected chi connectivity index (χ0v) is 34.0. The Kier molecular flexibility index (Phi) is 11.2. The maximum absolute atomic E-state index is 15.0. The van der Waals surface area contributed by atoms with Gasteiger partial charge >= 0.3 is 0 Å². The molecular weight excluding hydrogens is 747 g/mol. The van der Waals surface area contributed by atoms with Gasteiger partial charge < -0.3 is 10.6 Å². The number of amides is 2. The minimum Gasteiger partial charge on any atom is -0.347 e. The van der Waals surface area contributed by atoms with E-state index >= 15 is 9.59 Å². The molecular formula is C52H44N2O2P2. The molecule has 284 valence electrons. The molecule has 6 heteroatoms. The van der Waals surface area contributed by atoms with Crippen molar-refractivity contribution in [3.8, 4) is 0 Å². The van der Waals surface area contributed by atoms with Crippen LogP contribution in [0.5, 0.6) is 0 Å². The number of hydrogen-bond donors (Lipinski definition) is 2. The van der Waals surface area contributed by atoms with E-state index in [2.05, 4.69) is 156 Å². The van der Waals surface area contributed by atoms with Gasteiger partial charge in [-0.25, -0.2) is 0 Å². The number of carbonyl (C=O) groups excluding carboxylic acids is 2. The fraction of sp³-hybridized carbons (Fsp3) is 0.115. The quantitative estimate of drug-likeness (QED) is 0.136. The summed E-state index contributed by atoms with van der Waals surface area (Å²) in [6, 6.07) is 66.7. The van der Waals surface area contributed by atoms with Crippen LogP contribution in [-0.4, -0.2) is 23.9 Å². The number of hydrogen-bond acceptors (Lipinski definition) is 2. The van der Waals surface area contributed by atoms with Crippen molar-refractivity contribution in [2.24, 2.45) is 0 Å². The summed E-state index contributed by atoms with van der Waals surface area (Å²) in [5, 5.41) is 17.8. The molecule has 1 fully saturated rings.